The van der Waals surface area contributed by atoms with Crippen molar-refractivity contribution in [3.8, 4) is 17.0 Å². The number of ketones is 1. The largest absolute Gasteiger partial charge is 0.483 e. The maximum absolute atomic E-state index is 13.8. The molecule has 2 aromatic heterocycles. The second kappa shape index (κ2) is 8.75. The van der Waals surface area contributed by atoms with Crippen molar-refractivity contribution in [3.63, 3.8) is 0 Å². The molecule has 0 N–H and O–H groups in total. The van der Waals surface area contributed by atoms with Crippen LogP contribution in [0.15, 0.2) is 60.8 Å². The molecule has 1 fully saturated rings. The summed E-state index contributed by atoms with van der Waals surface area (Å²) in [5.74, 6) is 0.0951. The summed E-state index contributed by atoms with van der Waals surface area (Å²) in [6.07, 6.45) is 3.18. The van der Waals surface area contributed by atoms with Crippen LogP contribution in [0.2, 0.25) is 0 Å². The predicted molar refractivity (Wildman–Crippen MR) is 142 cm³/mol. The van der Waals surface area contributed by atoms with Crippen LogP contribution in [0.4, 0.5) is 4.39 Å². The fourth-order valence-electron chi connectivity index (χ4n) is 5.30. The molecule has 0 radical (unpaired) electrons. The summed E-state index contributed by atoms with van der Waals surface area (Å²) in [5.41, 5.74) is 2.11. The molecular weight excluding hydrogens is 483 g/mol. The number of pyridine rings is 1. The standard InChI is InChI=1S/C30H29FN4O3/c1-29(2,3)35-18-26-27(33-35)25(36)17-30(38-26)12-14-34(15-13-30)28(37)22-16-24(19-8-10-20(31)11-9-19)32-23-7-5-4-6-21(22)23/h4-11,16,18H,12-15,17H2,1-3H3. The van der Waals surface area contributed by atoms with Gasteiger partial charge in [-0.3, -0.25) is 14.3 Å². The van der Waals surface area contributed by atoms with Gasteiger partial charge in [-0.2, -0.15) is 5.10 Å². The molecule has 2 aliphatic rings. The van der Waals surface area contributed by atoms with Crippen LogP contribution in [0.25, 0.3) is 22.2 Å². The zero-order valence-electron chi connectivity index (χ0n) is 21.7. The van der Waals surface area contributed by atoms with Crippen molar-refractivity contribution in [1.29, 1.82) is 0 Å². The zero-order chi connectivity index (χ0) is 26.7. The lowest BCUT2D eigenvalue weighted by Crippen LogP contribution is -2.52. The van der Waals surface area contributed by atoms with Gasteiger partial charge >= 0.3 is 0 Å². The number of piperidine rings is 1. The minimum Gasteiger partial charge on any atom is -0.483 e. The van der Waals surface area contributed by atoms with Crippen molar-refractivity contribution in [3.05, 3.63) is 77.9 Å². The lowest BCUT2D eigenvalue weighted by Gasteiger charge is -2.43. The summed E-state index contributed by atoms with van der Waals surface area (Å²) in [6.45, 7) is 7.02. The predicted octanol–water partition coefficient (Wildman–Crippen LogP) is 5.63. The molecule has 38 heavy (non-hydrogen) atoms. The molecule has 2 aliphatic heterocycles. The van der Waals surface area contributed by atoms with Crippen LogP contribution in [0.3, 0.4) is 0 Å². The third-order valence-corrected chi connectivity index (χ3v) is 7.49. The number of halogens is 1. The Morgan fingerprint density at radius 3 is 2.47 bits per heavy atom. The highest BCUT2D eigenvalue weighted by molar-refractivity contribution is 6.07. The van der Waals surface area contributed by atoms with Gasteiger partial charge in [0.2, 0.25) is 0 Å². The second-order valence-electron chi connectivity index (χ2n) is 11.2. The highest BCUT2D eigenvalue weighted by atomic mass is 19.1. The Hall–Kier alpha value is -4.07. The number of fused-ring (bicyclic) bond motifs is 2. The molecule has 4 heterocycles. The lowest BCUT2D eigenvalue weighted by atomic mass is 9.83. The second-order valence-corrected chi connectivity index (χ2v) is 11.2. The quantitative estimate of drug-likeness (QED) is 0.348. The number of likely N-dealkylation sites (tertiary alicyclic amines) is 1. The molecule has 4 aromatic rings. The van der Waals surface area contributed by atoms with Crippen molar-refractivity contribution in [2.45, 2.75) is 51.2 Å². The van der Waals surface area contributed by atoms with Gasteiger partial charge in [-0.1, -0.05) is 18.2 Å². The molecule has 0 aliphatic carbocycles. The Kier molecular flexibility index (Phi) is 5.59. The molecule has 0 saturated carbocycles. The van der Waals surface area contributed by atoms with Crippen molar-refractivity contribution in [2.75, 3.05) is 13.1 Å². The number of nitrogens with zero attached hydrogens (tertiary/aromatic N) is 4. The van der Waals surface area contributed by atoms with Gasteiger partial charge in [-0.15, -0.1) is 0 Å². The number of Topliss-reactive ketones (excluding diaryl/α,β-unsaturated/α-hetero) is 1. The minimum atomic E-state index is -0.633. The average Bonchev–Trinajstić information content (AvgIpc) is 3.34. The summed E-state index contributed by atoms with van der Waals surface area (Å²) >= 11 is 0. The Labute approximate surface area is 220 Å². The molecule has 8 heteroatoms. The molecule has 6 rings (SSSR count). The number of hydrogen-bond donors (Lipinski definition) is 0. The molecule has 0 bridgehead atoms. The number of para-hydroxylation sites is 1. The van der Waals surface area contributed by atoms with Crippen LogP contribution >= 0.6 is 0 Å². The topological polar surface area (TPSA) is 77.3 Å². The number of hydrogen-bond acceptors (Lipinski definition) is 5. The number of amides is 1. The van der Waals surface area contributed by atoms with E-state index < -0.39 is 5.60 Å². The minimum absolute atomic E-state index is 0.0157. The van der Waals surface area contributed by atoms with Crippen LogP contribution < -0.4 is 4.74 Å². The third-order valence-electron chi connectivity index (χ3n) is 7.49. The molecule has 1 saturated heterocycles. The number of rotatable bonds is 2. The smallest absolute Gasteiger partial charge is 0.254 e. The summed E-state index contributed by atoms with van der Waals surface area (Å²) in [4.78, 5) is 33.4. The van der Waals surface area contributed by atoms with Gasteiger partial charge in [0, 0.05) is 36.9 Å². The van der Waals surface area contributed by atoms with Gasteiger partial charge in [-0.05, 0) is 57.2 Å². The number of carbonyl (C=O) groups is 2. The number of carbonyl (C=O) groups excluding carboxylic acids is 2. The first kappa shape index (κ1) is 24.3. The summed E-state index contributed by atoms with van der Waals surface area (Å²) in [5, 5.41) is 5.25. The molecule has 7 nitrogen and oxygen atoms in total. The van der Waals surface area contributed by atoms with E-state index in [-0.39, 0.29) is 29.5 Å². The van der Waals surface area contributed by atoms with Crippen molar-refractivity contribution < 1.29 is 18.7 Å². The van der Waals surface area contributed by atoms with Crippen LogP contribution in [-0.2, 0) is 5.54 Å². The summed E-state index contributed by atoms with van der Waals surface area (Å²) < 4.78 is 21.7. The van der Waals surface area contributed by atoms with E-state index in [1.165, 1.54) is 12.1 Å². The molecule has 1 amide bonds. The highest BCUT2D eigenvalue weighted by Gasteiger charge is 2.45. The van der Waals surface area contributed by atoms with E-state index in [1.54, 1.807) is 22.9 Å². The van der Waals surface area contributed by atoms with E-state index in [1.807, 2.05) is 56.1 Å². The normalized spacial score (nSPS) is 16.9. The van der Waals surface area contributed by atoms with E-state index in [2.05, 4.69) is 5.10 Å². The van der Waals surface area contributed by atoms with E-state index in [0.717, 1.165) is 10.9 Å². The van der Waals surface area contributed by atoms with E-state index in [0.29, 0.717) is 54.1 Å². The molecule has 194 valence electrons. The first-order chi connectivity index (χ1) is 18.1. The van der Waals surface area contributed by atoms with E-state index in [9.17, 15) is 14.0 Å². The molecular formula is C30H29FN4O3. The van der Waals surface area contributed by atoms with E-state index in [4.69, 9.17) is 9.72 Å². The van der Waals surface area contributed by atoms with Crippen molar-refractivity contribution >= 4 is 22.6 Å². The van der Waals surface area contributed by atoms with E-state index >= 15 is 0 Å². The van der Waals surface area contributed by atoms with Gasteiger partial charge < -0.3 is 9.64 Å². The van der Waals surface area contributed by atoms with Crippen LogP contribution in [-0.4, -0.2) is 50.0 Å². The molecule has 0 unspecified atom stereocenters. The monoisotopic (exact) mass is 512 g/mol. The van der Waals surface area contributed by atoms with Crippen molar-refractivity contribution in [1.82, 2.24) is 19.7 Å². The van der Waals surface area contributed by atoms with Gasteiger partial charge in [-0.25, -0.2) is 9.37 Å². The van der Waals surface area contributed by atoms with Crippen LogP contribution in [0.1, 0.15) is 60.9 Å². The first-order valence-corrected chi connectivity index (χ1v) is 12.9. The average molecular weight is 513 g/mol. The van der Waals surface area contributed by atoms with Gasteiger partial charge in [0.15, 0.2) is 17.2 Å². The molecule has 1 spiro atoms. The third kappa shape index (κ3) is 4.23. The van der Waals surface area contributed by atoms with Crippen LogP contribution in [0.5, 0.6) is 5.75 Å². The Morgan fingerprint density at radius 2 is 1.76 bits per heavy atom. The Morgan fingerprint density at radius 1 is 1.05 bits per heavy atom. The highest BCUT2D eigenvalue weighted by Crippen LogP contribution is 2.40. The van der Waals surface area contributed by atoms with Gasteiger partial charge in [0.05, 0.1) is 34.9 Å². The first-order valence-electron chi connectivity index (χ1n) is 12.9. The SMILES string of the molecule is CC(C)(C)n1cc2c(n1)C(=O)CC1(CCN(C(=O)c3cc(-c4ccc(F)cc4)nc4ccccc34)CC1)O2. The maximum atomic E-state index is 13.8. The lowest BCUT2D eigenvalue weighted by molar-refractivity contribution is -0.00581. The molecule has 2 aromatic carbocycles. The number of benzene rings is 2. The zero-order valence-corrected chi connectivity index (χ0v) is 21.7. The summed E-state index contributed by atoms with van der Waals surface area (Å²) in [7, 11) is 0. The van der Waals surface area contributed by atoms with Crippen molar-refractivity contribution in [2.24, 2.45) is 0 Å². The van der Waals surface area contributed by atoms with Gasteiger partial charge in [0.1, 0.15) is 11.4 Å². The fraction of sp³-hybridized carbons (Fsp3) is 0.333. The summed E-state index contributed by atoms with van der Waals surface area (Å²) in [6, 6.07) is 15.4. The Bertz CT molecular complexity index is 1560. The molecule has 0 atom stereocenters. The fourth-order valence-corrected chi connectivity index (χ4v) is 5.30. The number of ether oxygens (including phenoxy) is 1. The Balaban J connectivity index is 1.26. The maximum Gasteiger partial charge on any atom is 0.254 e. The van der Waals surface area contributed by atoms with Gasteiger partial charge in [0.25, 0.3) is 5.91 Å². The number of aromatic nitrogens is 3. The van der Waals surface area contributed by atoms with Crippen LogP contribution in [0, 0.1) is 5.82 Å².